The first-order valence-electron chi connectivity index (χ1n) is 20.5. The highest BCUT2D eigenvalue weighted by Crippen LogP contribution is 2.49. The zero-order valence-corrected chi connectivity index (χ0v) is 34.7. The van der Waals surface area contributed by atoms with E-state index in [1.165, 1.54) is 31.4 Å². The maximum atomic E-state index is 17.4. The SMILES string of the molecule is C#Cc1c(F)ccc2cc(O)cc(-c3nc(OC)c4c(N5CCOC[C@@](C)(O)C5)nc(OC[C@]56CCC[C@H]5N(CC5CCN(S(=O)(=O)CC)CC5)CCC6)nc4c3F)c12. The van der Waals surface area contributed by atoms with Crippen molar-refractivity contribution in [3.8, 4) is 41.2 Å². The van der Waals surface area contributed by atoms with Crippen LogP contribution in [-0.4, -0.2) is 126 Å². The molecule has 0 bridgehead atoms. The highest BCUT2D eigenvalue weighted by Gasteiger charge is 2.49. The Balaban J connectivity index is 1.17. The van der Waals surface area contributed by atoms with E-state index < -0.39 is 27.3 Å². The number of hydrogen-bond acceptors (Lipinski definition) is 12. The molecule has 4 fully saturated rings. The number of anilines is 1. The summed E-state index contributed by atoms with van der Waals surface area (Å²) in [5.41, 5.74) is -1.97. The number of likely N-dealkylation sites (tertiary alicyclic amines) is 1. The topological polar surface area (TPSA) is 151 Å². The fourth-order valence-electron chi connectivity index (χ4n) is 9.98. The number of ether oxygens (including phenoxy) is 3. The zero-order chi connectivity index (χ0) is 41.7. The molecule has 2 aromatic carbocycles. The number of hydrogen-bond donors (Lipinski definition) is 2. The van der Waals surface area contributed by atoms with Gasteiger partial charge in [0.2, 0.25) is 15.9 Å². The van der Waals surface area contributed by atoms with Crippen molar-refractivity contribution in [1.29, 1.82) is 0 Å². The summed E-state index contributed by atoms with van der Waals surface area (Å²) in [5.74, 6) is 1.32. The summed E-state index contributed by atoms with van der Waals surface area (Å²) in [6.07, 6.45) is 12.3. The highest BCUT2D eigenvalue weighted by atomic mass is 32.2. The molecular weight excluding hydrogens is 783 g/mol. The number of methoxy groups -OCH3 is 1. The molecule has 2 aromatic heterocycles. The van der Waals surface area contributed by atoms with Crippen LogP contribution in [0.15, 0.2) is 24.3 Å². The van der Waals surface area contributed by atoms with E-state index in [2.05, 4.69) is 15.8 Å². The smallest absolute Gasteiger partial charge is 0.319 e. The van der Waals surface area contributed by atoms with Gasteiger partial charge < -0.3 is 29.3 Å². The number of nitrogens with zero attached hydrogens (tertiary/aromatic N) is 6. The number of halogens is 2. The average Bonchev–Trinajstić information content (AvgIpc) is 3.57. The molecule has 3 aliphatic heterocycles. The van der Waals surface area contributed by atoms with Crippen molar-refractivity contribution < 1.29 is 41.6 Å². The van der Waals surface area contributed by atoms with E-state index >= 15 is 8.78 Å². The molecule has 0 unspecified atom stereocenters. The molecule has 59 heavy (non-hydrogen) atoms. The number of phenols is 1. The number of β-amino-alcohol motifs (C(OH)–C–C–N with tert-alkyl or cyclic N) is 1. The van der Waals surface area contributed by atoms with Crippen LogP contribution in [0.25, 0.3) is 32.9 Å². The van der Waals surface area contributed by atoms with Crippen molar-refractivity contribution in [1.82, 2.24) is 24.2 Å². The molecule has 1 aliphatic carbocycles. The number of aromatic hydroxyl groups is 1. The summed E-state index contributed by atoms with van der Waals surface area (Å²) >= 11 is 0. The number of aromatic nitrogens is 3. The zero-order valence-electron chi connectivity index (χ0n) is 33.8. The molecule has 3 atom stereocenters. The lowest BCUT2D eigenvalue weighted by atomic mass is 9.75. The monoisotopic (exact) mass is 834 g/mol. The maximum absolute atomic E-state index is 17.4. The number of terminal acetylenes is 1. The van der Waals surface area contributed by atoms with Crippen LogP contribution in [0, 0.1) is 35.3 Å². The van der Waals surface area contributed by atoms with Gasteiger partial charge >= 0.3 is 6.01 Å². The van der Waals surface area contributed by atoms with E-state index in [1.807, 2.05) is 0 Å². The Bertz CT molecular complexity index is 2400. The van der Waals surface area contributed by atoms with Gasteiger partial charge in [0.25, 0.3) is 0 Å². The maximum Gasteiger partial charge on any atom is 0.319 e. The number of aliphatic hydroxyl groups is 1. The van der Waals surface area contributed by atoms with Crippen molar-refractivity contribution in [3.63, 3.8) is 0 Å². The van der Waals surface area contributed by atoms with Crippen molar-refractivity contribution in [2.75, 3.05) is 76.9 Å². The molecular formula is C43H52F2N6O7S. The predicted octanol–water partition coefficient (Wildman–Crippen LogP) is 5.48. The van der Waals surface area contributed by atoms with Crippen LogP contribution in [0.5, 0.6) is 17.6 Å². The largest absolute Gasteiger partial charge is 0.508 e. The summed E-state index contributed by atoms with van der Waals surface area (Å²) in [7, 11) is -1.81. The molecule has 0 spiro atoms. The third-order valence-electron chi connectivity index (χ3n) is 12.8. The average molecular weight is 835 g/mol. The predicted molar refractivity (Wildman–Crippen MR) is 220 cm³/mol. The lowest BCUT2D eigenvalue weighted by Crippen LogP contribution is -2.54. The van der Waals surface area contributed by atoms with Crippen LogP contribution in [-0.2, 0) is 14.8 Å². The van der Waals surface area contributed by atoms with Crippen molar-refractivity contribution in [3.05, 3.63) is 41.5 Å². The molecule has 0 radical (unpaired) electrons. The minimum Gasteiger partial charge on any atom is -0.508 e. The minimum absolute atomic E-state index is 0.0339. The van der Waals surface area contributed by atoms with Gasteiger partial charge in [-0.25, -0.2) is 26.5 Å². The number of sulfonamides is 1. The lowest BCUT2D eigenvalue weighted by molar-refractivity contribution is -0.0124. The van der Waals surface area contributed by atoms with Gasteiger partial charge in [-0.2, -0.15) is 9.97 Å². The normalized spacial score (nSPS) is 24.9. The van der Waals surface area contributed by atoms with Crippen molar-refractivity contribution in [2.45, 2.75) is 70.4 Å². The first kappa shape index (κ1) is 41.3. The summed E-state index contributed by atoms with van der Waals surface area (Å²) in [6, 6.07) is 5.54. The van der Waals surface area contributed by atoms with Gasteiger partial charge in [0.15, 0.2) is 5.82 Å². The van der Waals surface area contributed by atoms with Gasteiger partial charge in [-0.05, 0) is 88.4 Å². The van der Waals surface area contributed by atoms with E-state index in [0.29, 0.717) is 37.5 Å². The van der Waals surface area contributed by atoms with Crippen LogP contribution >= 0.6 is 0 Å². The van der Waals surface area contributed by atoms with Gasteiger partial charge in [-0.1, -0.05) is 18.4 Å². The van der Waals surface area contributed by atoms with E-state index in [4.69, 9.17) is 30.6 Å². The molecule has 316 valence electrons. The van der Waals surface area contributed by atoms with Crippen LogP contribution in [0.3, 0.4) is 0 Å². The van der Waals surface area contributed by atoms with Gasteiger partial charge in [0.05, 0.1) is 44.8 Å². The van der Waals surface area contributed by atoms with Crippen LogP contribution in [0.1, 0.15) is 64.4 Å². The molecule has 2 N–H and O–H groups in total. The minimum atomic E-state index is -3.20. The molecule has 4 aliphatic rings. The quantitative estimate of drug-likeness (QED) is 0.195. The van der Waals surface area contributed by atoms with Gasteiger partial charge in [0, 0.05) is 48.6 Å². The van der Waals surface area contributed by atoms with Crippen molar-refractivity contribution >= 4 is 37.5 Å². The summed E-state index contributed by atoms with van der Waals surface area (Å²) in [4.78, 5) is 18.5. The Labute approximate surface area is 343 Å². The Morgan fingerprint density at radius 3 is 2.58 bits per heavy atom. The van der Waals surface area contributed by atoms with Gasteiger partial charge in [-0.15, -0.1) is 6.42 Å². The third kappa shape index (κ3) is 7.88. The Kier molecular flexibility index (Phi) is 11.4. The molecule has 16 heteroatoms. The Hall–Kier alpha value is -4.40. The Morgan fingerprint density at radius 1 is 1.05 bits per heavy atom. The molecule has 3 saturated heterocycles. The van der Waals surface area contributed by atoms with E-state index in [-0.39, 0.29) is 93.5 Å². The van der Waals surface area contributed by atoms with Crippen LogP contribution < -0.4 is 14.4 Å². The van der Waals surface area contributed by atoms with Gasteiger partial charge in [0.1, 0.15) is 39.6 Å². The molecule has 4 aromatic rings. The number of benzene rings is 2. The highest BCUT2D eigenvalue weighted by molar-refractivity contribution is 7.89. The van der Waals surface area contributed by atoms with Crippen LogP contribution in [0.4, 0.5) is 14.6 Å². The number of fused-ring (bicyclic) bond motifs is 3. The Morgan fingerprint density at radius 2 is 1.83 bits per heavy atom. The van der Waals surface area contributed by atoms with Gasteiger partial charge in [-0.3, -0.25) is 4.90 Å². The fourth-order valence-corrected chi connectivity index (χ4v) is 11.1. The molecule has 1 saturated carbocycles. The van der Waals surface area contributed by atoms with E-state index in [1.54, 1.807) is 23.1 Å². The number of piperidine rings is 2. The fraction of sp³-hybridized carbons (Fsp3) is 0.558. The van der Waals surface area contributed by atoms with Crippen LogP contribution in [0.2, 0.25) is 0 Å². The molecule has 5 heterocycles. The summed E-state index contributed by atoms with van der Waals surface area (Å²) in [6.45, 7) is 7.35. The van der Waals surface area contributed by atoms with E-state index in [9.17, 15) is 18.6 Å². The standard InChI is InChI=1S/C43H52F2N6O7S/c1-5-30-32(44)11-10-28-21-29(52)22-31(34(28)30)37-36(45)38-35(40(46-37)56-4)39(50-19-20-57-25-42(3,53)24-50)48-41(47-38)58-26-43-14-7-9-33(43)49(16-8-15-43)23-27-12-17-51(18-13-27)59(54,55)6-2/h1,10-11,21-22,27,33,52-53H,6-9,12-20,23-26H2,2-4H3/t33-,42+,43-/m1/s1. The third-order valence-corrected chi connectivity index (χ3v) is 14.7. The van der Waals surface area contributed by atoms with Crippen molar-refractivity contribution in [2.24, 2.45) is 11.3 Å². The number of rotatable bonds is 10. The first-order valence-corrected chi connectivity index (χ1v) is 22.1. The first-order chi connectivity index (χ1) is 28.3. The number of phenolic OH excluding ortho intramolecular Hbond substituents is 1. The van der Waals surface area contributed by atoms with E-state index in [0.717, 1.165) is 58.0 Å². The second-order valence-electron chi connectivity index (χ2n) is 16.9. The second-order valence-corrected chi connectivity index (χ2v) is 19.1. The molecule has 0 amide bonds. The molecule has 8 rings (SSSR count). The summed E-state index contributed by atoms with van der Waals surface area (Å²) < 4.78 is 77.3. The lowest BCUT2D eigenvalue weighted by Gasteiger charge is -2.47. The molecule has 13 nitrogen and oxygen atoms in total. The second kappa shape index (κ2) is 16.2. The number of pyridine rings is 1. The summed E-state index contributed by atoms with van der Waals surface area (Å²) in [5, 5.41) is 22.7.